The fourth-order valence-electron chi connectivity index (χ4n) is 3.07. The molecule has 146 valence electrons. The van der Waals surface area contributed by atoms with Crippen molar-refractivity contribution in [1.82, 2.24) is 4.90 Å². The quantitative estimate of drug-likeness (QED) is 0.615. The number of halogens is 1. The molecule has 1 heterocycles. The number of benzene rings is 2. The van der Waals surface area contributed by atoms with E-state index in [4.69, 9.17) is 16.0 Å². The molecule has 0 spiro atoms. The van der Waals surface area contributed by atoms with Gasteiger partial charge in [-0.3, -0.25) is 9.69 Å². The number of hydrogen-bond acceptors (Lipinski definition) is 5. The first-order valence-electron chi connectivity index (χ1n) is 8.89. The summed E-state index contributed by atoms with van der Waals surface area (Å²) in [7, 11) is 1.79. The second kappa shape index (κ2) is 8.46. The number of likely N-dealkylation sites (N-methyl/N-ethyl adjacent to an activating group) is 1. The molecular formula is C21H21ClN2O4. The number of rotatable bonds is 6. The van der Waals surface area contributed by atoms with Gasteiger partial charge < -0.3 is 14.8 Å². The van der Waals surface area contributed by atoms with Crippen LogP contribution in [0.25, 0.3) is 11.0 Å². The maximum Gasteiger partial charge on any atom is 0.336 e. The van der Waals surface area contributed by atoms with E-state index in [1.165, 1.54) is 12.1 Å². The Kier molecular flexibility index (Phi) is 6.02. The number of phenolic OH excluding ortho intramolecular Hbond substituents is 1. The van der Waals surface area contributed by atoms with E-state index in [1.54, 1.807) is 36.2 Å². The summed E-state index contributed by atoms with van der Waals surface area (Å²) in [5.74, 6) is -0.113. The number of phenols is 1. The second-order valence-corrected chi connectivity index (χ2v) is 7.03. The largest absolute Gasteiger partial charge is 0.508 e. The number of fused-ring (bicyclic) bond motifs is 1. The van der Waals surface area contributed by atoms with Crippen LogP contribution >= 0.6 is 11.6 Å². The number of anilines is 1. The van der Waals surface area contributed by atoms with E-state index in [-0.39, 0.29) is 18.2 Å². The van der Waals surface area contributed by atoms with Crippen LogP contribution in [0.3, 0.4) is 0 Å². The average Bonchev–Trinajstić information content (AvgIpc) is 2.62. The van der Waals surface area contributed by atoms with E-state index in [0.717, 1.165) is 16.5 Å². The number of aromatic hydroxyl groups is 1. The summed E-state index contributed by atoms with van der Waals surface area (Å²) < 4.78 is 5.21. The van der Waals surface area contributed by atoms with Gasteiger partial charge in [0, 0.05) is 24.1 Å². The van der Waals surface area contributed by atoms with E-state index < -0.39 is 5.63 Å². The van der Waals surface area contributed by atoms with Crippen molar-refractivity contribution in [1.29, 1.82) is 0 Å². The maximum atomic E-state index is 12.3. The molecule has 0 saturated carbocycles. The molecule has 0 aliphatic carbocycles. The molecule has 0 saturated heterocycles. The highest BCUT2D eigenvalue weighted by atomic mass is 35.5. The first-order chi connectivity index (χ1) is 13.4. The summed E-state index contributed by atoms with van der Waals surface area (Å²) in [6, 6.07) is 11.7. The molecule has 0 bridgehead atoms. The van der Waals surface area contributed by atoms with Gasteiger partial charge in [-0.15, -0.1) is 0 Å². The highest BCUT2D eigenvalue weighted by molar-refractivity contribution is 6.33. The van der Waals surface area contributed by atoms with Crippen LogP contribution in [0.2, 0.25) is 5.02 Å². The van der Waals surface area contributed by atoms with Crippen molar-refractivity contribution in [2.75, 3.05) is 18.9 Å². The summed E-state index contributed by atoms with van der Waals surface area (Å²) in [5.41, 5.74) is 1.87. The maximum absolute atomic E-state index is 12.3. The second-order valence-electron chi connectivity index (χ2n) is 6.62. The zero-order chi connectivity index (χ0) is 20.3. The monoisotopic (exact) mass is 400 g/mol. The Morgan fingerprint density at radius 2 is 1.96 bits per heavy atom. The molecule has 3 aromatic rings. The Morgan fingerprint density at radius 1 is 1.21 bits per heavy atom. The number of carbonyl (C=O) groups is 1. The molecule has 28 heavy (non-hydrogen) atoms. The lowest BCUT2D eigenvalue weighted by Crippen LogP contribution is -2.30. The molecule has 1 amide bonds. The van der Waals surface area contributed by atoms with Crippen molar-refractivity contribution in [2.24, 2.45) is 0 Å². The molecule has 0 atom stereocenters. The number of aryl methyl sites for hydroxylation is 1. The SMILES string of the molecule is CCc1cc2c(CN(C)CC(=O)Nc3ccccc3Cl)cc(=O)oc2cc1O. The van der Waals surface area contributed by atoms with Gasteiger partial charge in [0.1, 0.15) is 11.3 Å². The lowest BCUT2D eigenvalue weighted by molar-refractivity contribution is -0.117. The minimum absolute atomic E-state index is 0.0998. The van der Waals surface area contributed by atoms with Crippen LogP contribution in [0.15, 0.2) is 51.7 Å². The fraction of sp³-hybridized carbons (Fsp3) is 0.238. The molecule has 3 rings (SSSR count). The molecule has 1 aromatic heterocycles. The molecule has 2 N–H and O–H groups in total. The molecule has 0 unspecified atom stereocenters. The van der Waals surface area contributed by atoms with Crippen LogP contribution in [-0.4, -0.2) is 29.5 Å². The molecular weight excluding hydrogens is 380 g/mol. The van der Waals surface area contributed by atoms with Gasteiger partial charge in [0.25, 0.3) is 0 Å². The molecule has 2 aromatic carbocycles. The van der Waals surface area contributed by atoms with Crippen molar-refractivity contribution in [3.8, 4) is 5.75 Å². The van der Waals surface area contributed by atoms with E-state index in [9.17, 15) is 14.7 Å². The van der Waals surface area contributed by atoms with Crippen LogP contribution in [0.5, 0.6) is 5.75 Å². The third-order valence-electron chi connectivity index (χ3n) is 4.41. The molecule has 7 heteroatoms. The van der Waals surface area contributed by atoms with Gasteiger partial charge in [-0.2, -0.15) is 0 Å². The fourth-order valence-corrected chi connectivity index (χ4v) is 3.25. The number of amides is 1. The van der Waals surface area contributed by atoms with Crippen molar-refractivity contribution in [3.05, 3.63) is 69.0 Å². The number of nitrogens with zero attached hydrogens (tertiary/aromatic N) is 1. The van der Waals surface area contributed by atoms with Crippen LogP contribution in [0.1, 0.15) is 18.1 Å². The van der Waals surface area contributed by atoms with E-state index in [1.807, 2.05) is 13.0 Å². The summed E-state index contributed by atoms with van der Waals surface area (Å²) in [6.07, 6.45) is 0.649. The first-order valence-corrected chi connectivity index (χ1v) is 9.26. The number of nitrogens with one attached hydrogen (secondary N) is 1. The zero-order valence-electron chi connectivity index (χ0n) is 15.7. The molecule has 0 fully saturated rings. The highest BCUT2D eigenvalue weighted by Crippen LogP contribution is 2.27. The Labute approximate surface area is 167 Å². The Balaban J connectivity index is 1.79. The van der Waals surface area contributed by atoms with Gasteiger partial charge in [0.15, 0.2) is 0 Å². The minimum atomic E-state index is -0.500. The third-order valence-corrected chi connectivity index (χ3v) is 4.74. The smallest absolute Gasteiger partial charge is 0.336 e. The number of carbonyl (C=O) groups excluding carboxylic acids is 1. The van der Waals surface area contributed by atoms with E-state index in [0.29, 0.717) is 29.3 Å². The van der Waals surface area contributed by atoms with Gasteiger partial charge in [0.05, 0.1) is 17.3 Å². The van der Waals surface area contributed by atoms with Crippen LogP contribution in [-0.2, 0) is 17.8 Å². The molecule has 0 aliphatic heterocycles. The predicted octanol–water partition coefficient (Wildman–Crippen LogP) is 3.78. The molecule has 0 aliphatic rings. The van der Waals surface area contributed by atoms with Crippen molar-refractivity contribution in [3.63, 3.8) is 0 Å². The van der Waals surface area contributed by atoms with Gasteiger partial charge in [-0.25, -0.2) is 4.79 Å². The normalized spacial score (nSPS) is 11.1. The standard InChI is InChI=1S/C21H21ClN2O4/c1-3-13-8-15-14(9-21(27)28-19(15)10-18(13)25)11-24(2)12-20(26)23-17-7-5-4-6-16(17)22/h4-10,25H,3,11-12H2,1-2H3,(H,23,26). The number of hydrogen-bond donors (Lipinski definition) is 2. The van der Waals surface area contributed by atoms with E-state index in [2.05, 4.69) is 5.32 Å². The summed E-state index contributed by atoms with van der Waals surface area (Å²) >= 11 is 6.06. The summed E-state index contributed by atoms with van der Waals surface area (Å²) in [4.78, 5) is 26.0. The van der Waals surface area contributed by atoms with Crippen molar-refractivity contribution >= 4 is 34.2 Å². The summed E-state index contributed by atoms with van der Waals surface area (Å²) in [6.45, 7) is 2.42. The molecule has 6 nitrogen and oxygen atoms in total. The van der Waals surface area contributed by atoms with Gasteiger partial charge in [-0.1, -0.05) is 30.7 Å². The topological polar surface area (TPSA) is 82.8 Å². The lowest BCUT2D eigenvalue weighted by Gasteiger charge is -2.18. The van der Waals surface area contributed by atoms with Gasteiger partial charge in [-0.05, 0) is 42.8 Å². The van der Waals surface area contributed by atoms with Crippen molar-refractivity contribution < 1.29 is 14.3 Å². The van der Waals surface area contributed by atoms with Gasteiger partial charge in [0.2, 0.25) is 5.91 Å². The third kappa shape index (κ3) is 4.52. The lowest BCUT2D eigenvalue weighted by atomic mass is 10.0. The van der Waals surface area contributed by atoms with Gasteiger partial charge >= 0.3 is 5.63 Å². The van der Waals surface area contributed by atoms with E-state index >= 15 is 0 Å². The van der Waals surface area contributed by atoms with Crippen LogP contribution < -0.4 is 10.9 Å². The van der Waals surface area contributed by atoms with Crippen LogP contribution in [0.4, 0.5) is 5.69 Å². The molecule has 0 radical (unpaired) electrons. The predicted molar refractivity (Wildman–Crippen MR) is 110 cm³/mol. The van der Waals surface area contributed by atoms with Crippen LogP contribution in [0, 0.1) is 0 Å². The highest BCUT2D eigenvalue weighted by Gasteiger charge is 2.14. The minimum Gasteiger partial charge on any atom is -0.508 e. The Bertz CT molecular complexity index is 1080. The first kappa shape index (κ1) is 19.9. The Hall–Kier alpha value is -2.83. The number of para-hydroxylation sites is 1. The van der Waals surface area contributed by atoms with Crippen molar-refractivity contribution in [2.45, 2.75) is 19.9 Å². The summed E-state index contributed by atoms with van der Waals surface area (Å²) in [5, 5.41) is 14.0. The Morgan fingerprint density at radius 3 is 2.68 bits per heavy atom. The zero-order valence-corrected chi connectivity index (χ0v) is 16.4. The average molecular weight is 401 g/mol.